The van der Waals surface area contributed by atoms with E-state index in [2.05, 4.69) is 21.2 Å². The monoisotopic (exact) mass is 354 g/mol. The van der Waals surface area contributed by atoms with Crippen LogP contribution in [-0.4, -0.2) is 46.9 Å². The Kier molecular flexibility index (Phi) is 4.62. The van der Waals surface area contributed by atoms with Gasteiger partial charge in [0, 0.05) is 17.6 Å². The SMILES string of the molecule is Cc1cccc(C(=O)N2CCNC(=O)C2CC(=O)O)c1Br. The van der Waals surface area contributed by atoms with Crippen LogP contribution in [0.3, 0.4) is 0 Å². The van der Waals surface area contributed by atoms with Gasteiger partial charge in [-0.15, -0.1) is 0 Å². The number of aryl methyl sites for hydroxylation is 1. The van der Waals surface area contributed by atoms with Gasteiger partial charge in [0.05, 0.1) is 12.0 Å². The molecule has 1 fully saturated rings. The third kappa shape index (κ3) is 3.24. The van der Waals surface area contributed by atoms with Crippen LogP contribution in [0, 0.1) is 6.92 Å². The molecule has 1 aliphatic heterocycles. The maximum atomic E-state index is 12.6. The van der Waals surface area contributed by atoms with Crippen molar-refractivity contribution in [1.82, 2.24) is 10.2 Å². The van der Waals surface area contributed by atoms with Crippen molar-refractivity contribution in [2.45, 2.75) is 19.4 Å². The molecule has 1 aromatic carbocycles. The fourth-order valence-electron chi connectivity index (χ4n) is 2.29. The molecule has 1 unspecified atom stereocenters. The molecule has 7 heteroatoms. The molecule has 0 saturated carbocycles. The minimum absolute atomic E-state index is 0.295. The molecule has 0 aliphatic carbocycles. The largest absolute Gasteiger partial charge is 0.481 e. The third-order valence-corrected chi connectivity index (χ3v) is 4.43. The van der Waals surface area contributed by atoms with Crippen molar-refractivity contribution in [2.24, 2.45) is 0 Å². The first-order valence-corrected chi connectivity index (χ1v) is 7.26. The van der Waals surface area contributed by atoms with Crippen LogP contribution >= 0.6 is 15.9 Å². The smallest absolute Gasteiger partial charge is 0.305 e. The molecule has 1 atom stereocenters. The first-order chi connectivity index (χ1) is 9.91. The highest BCUT2D eigenvalue weighted by Gasteiger charge is 2.35. The summed E-state index contributed by atoms with van der Waals surface area (Å²) in [5.41, 5.74) is 1.33. The molecule has 2 amide bonds. The first-order valence-electron chi connectivity index (χ1n) is 6.47. The lowest BCUT2D eigenvalue weighted by molar-refractivity contribution is -0.142. The molecule has 1 aliphatic rings. The van der Waals surface area contributed by atoms with Crippen LogP contribution in [0.15, 0.2) is 22.7 Å². The summed E-state index contributed by atoms with van der Waals surface area (Å²) in [5.74, 6) is -1.88. The number of nitrogens with zero attached hydrogens (tertiary/aromatic N) is 1. The number of carboxylic acids is 1. The number of hydrogen-bond donors (Lipinski definition) is 2. The molecule has 0 bridgehead atoms. The van der Waals surface area contributed by atoms with Gasteiger partial charge in [-0.1, -0.05) is 12.1 Å². The zero-order valence-electron chi connectivity index (χ0n) is 11.4. The molecule has 21 heavy (non-hydrogen) atoms. The van der Waals surface area contributed by atoms with E-state index in [0.29, 0.717) is 23.1 Å². The number of nitrogens with one attached hydrogen (secondary N) is 1. The number of hydrogen-bond acceptors (Lipinski definition) is 3. The van der Waals surface area contributed by atoms with Crippen LogP contribution in [0.4, 0.5) is 0 Å². The van der Waals surface area contributed by atoms with E-state index >= 15 is 0 Å². The molecule has 112 valence electrons. The van der Waals surface area contributed by atoms with Crippen molar-refractivity contribution >= 4 is 33.7 Å². The maximum absolute atomic E-state index is 12.6. The normalized spacial score (nSPS) is 18.3. The Balaban J connectivity index is 2.32. The number of piperazine rings is 1. The molecule has 1 heterocycles. The van der Waals surface area contributed by atoms with Crippen LogP contribution in [0.2, 0.25) is 0 Å². The molecule has 6 nitrogen and oxygen atoms in total. The second kappa shape index (κ2) is 6.26. The lowest BCUT2D eigenvalue weighted by atomic mass is 10.1. The van der Waals surface area contributed by atoms with Gasteiger partial charge in [0.1, 0.15) is 6.04 Å². The topological polar surface area (TPSA) is 86.7 Å². The van der Waals surface area contributed by atoms with E-state index in [-0.39, 0.29) is 5.91 Å². The van der Waals surface area contributed by atoms with E-state index in [4.69, 9.17) is 5.11 Å². The van der Waals surface area contributed by atoms with Crippen LogP contribution in [0.5, 0.6) is 0 Å². The molecular formula is C14H15BrN2O4. The Labute approximate surface area is 130 Å². The van der Waals surface area contributed by atoms with Crippen molar-refractivity contribution in [3.63, 3.8) is 0 Å². The van der Waals surface area contributed by atoms with Crippen LogP contribution in [0.1, 0.15) is 22.3 Å². The highest BCUT2D eigenvalue weighted by atomic mass is 79.9. The second-order valence-corrected chi connectivity index (χ2v) is 5.63. The number of halogens is 1. The molecular weight excluding hydrogens is 340 g/mol. The molecule has 0 radical (unpaired) electrons. The van der Waals surface area contributed by atoms with Crippen LogP contribution < -0.4 is 5.32 Å². The zero-order chi connectivity index (χ0) is 15.6. The number of benzene rings is 1. The van der Waals surface area contributed by atoms with Crippen molar-refractivity contribution in [3.8, 4) is 0 Å². The Hall–Kier alpha value is -1.89. The van der Waals surface area contributed by atoms with Gasteiger partial charge in [0.25, 0.3) is 5.91 Å². The number of carbonyl (C=O) groups is 3. The minimum Gasteiger partial charge on any atom is -0.481 e. The summed E-state index contributed by atoms with van der Waals surface area (Å²) in [7, 11) is 0. The number of amides is 2. The summed E-state index contributed by atoms with van der Waals surface area (Å²) in [6, 6.07) is 4.29. The lowest BCUT2D eigenvalue weighted by Gasteiger charge is -2.34. The average molecular weight is 355 g/mol. The first kappa shape index (κ1) is 15.5. The van der Waals surface area contributed by atoms with Gasteiger partial charge in [0.15, 0.2) is 0 Å². The van der Waals surface area contributed by atoms with E-state index in [9.17, 15) is 14.4 Å². The molecule has 1 aromatic rings. The third-order valence-electron chi connectivity index (χ3n) is 3.38. The van der Waals surface area contributed by atoms with Gasteiger partial charge in [-0.05, 0) is 34.5 Å². The van der Waals surface area contributed by atoms with Crippen LogP contribution in [-0.2, 0) is 9.59 Å². The summed E-state index contributed by atoms with van der Waals surface area (Å²) in [4.78, 5) is 36.7. The van der Waals surface area contributed by atoms with Crippen molar-refractivity contribution < 1.29 is 19.5 Å². The Bertz CT molecular complexity index is 603. The fraction of sp³-hybridized carbons (Fsp3) is 0.357. The fourth-order valence-corrected chi connectivity index (χ4v) is 2.73. The Morgan fingerprint density at radius 2 is 2.19 bits per heavy atom. The van der Waals surface area contributed by atoms with Crippen LogP contribution in [0.25, 0.3) is 0 Å². The quantitative estimate of drug-likeness (QED) is 0.852. The van der Waals surface area contributed by atoms with Gasteiger partial charge >= 0.3 is 5.97 Å². The van der Waals surface area contributed by atoms with Crippen molar-refractivity contribution in [3.05, 3.63) is 33.8 Å². The minimum atomic E-state index is -1.11. The molecule has 2 rings (SSSR count). The van der Waals surface area contributed by atoms with Crippen molar-refractivity contribution in [2.75, 3.05) is 13.1 Å². The molecule has 0 aromatic heterocycles. The average Bonchev–Trinajstić information content (AvgIpc) is 2.43. The van der Waals surface area contributed by atoms with Crippen molar-refractivity contribution in [1.29, 1.82) is 0 Å². The number of rotatable bonds is 3. The van der Waals surface area contributed by atoms with Gasteiger partial charge < -0.3 is 15.3 Å². The highest BCUT2D eigenvalue weighted by molar-refractivity contribution is 9.10. The summed E-state index contributed by atoms with van der Waals surface area (Å²) in [5, 5.41) is 11.5. The standard InChI is InChI=1S/C14H15BrN2O4/c1-8-3-2-4-9(12(8)15)14(21)17-6-5-16-13(20)10(17)7-11(18)19/h2-4,10H,5-7H2,1H3,(H,16,20)(H,18,19). The number of aliphatic carboxylic acids is 1. The zero-order valence-corrected chi connectivity index (χ0v) is 13.0. The van der Waals surface area contributed by atoms with Gasteiger partial charge in [-0.3, -0.25) is 14.4 Å². The summed E-state index contributed by atoms with van der Waals surface area (Å²) < 4.78 is 0.662. The molecule has 2 N–H and O–H groups in total. The maximum Gasteiger partial charge on any atom is 0.305 e. The number of carboxylic acid groups (broad SMARTS) is 1. The molecule has 0 spiro atoms. The summed E-state index contributed by atoms with van der Waals surface area (Å²) >= 11 is 3.37. The van der Waals surface area contributed by atoms with E-state index in [0.717, 1.165) is 5.56 Å². The number of carbonyl (C=O) groups excluding carboxylic acids is 2. The summed E-state index contributed by atoms with van der Waals surface area (Å²) in [6.45, 7) is 2.48. The Morgan fingerprint density at radius 3 is 2.86 bits per heavy atom. The van der Waals surface area contributed by atoms with Gasteiger partial charge in [0.2, 0.25) is 5.91 Å². The second-order valence-electron chi connectivity index (χ2n) is 4.84. The van der Waals surface area contributed by atoms with Gasteiger partial charge in [-0.25, -0.2) is 0 Å². The van der Waals surface area contributed by atoms with E-state index in [1.165, 1.54) is 4.90 Å². The predicted molar refractivity (Wildman–Crippen MR) is 79.0 cm³/mol. The van der Waals surface area contributed by atoms with E-state index in [1.54, 1.807) is 12.1 Å². The lowest BCUT2D eigenvalue weighted by Crippen LogP contribution is -2.57. The predicted octanol–water partition coefficient (Wildman–Crippen LogP) is 1.17. The summed E-state index contributed by atoms with van der Waals surface area (Å²) in [6.07, 6.45) is -0.402. The Morgan fingerprint density at radius 1 is 1.48 bits per heavy atom. The highest BCUT2D eigenvalue weighted by Crippen LogP contribution is 2.24. The van der Waals surface area contributed by atoms with Gasteiger partial charge in [-0.2, -0.15) is 0 Å². The van der Waals surface area contributed by atoms with E-state index in [1.807, 2.05) is 13.0 Å². The molecule has 1 saturated heterocycles. The van der Waals surface area contributed by atoms with E-state index < -0.39 is 24.3 Å².